The smallest absolute Gasteiger partial charge is 0.338 e. The third kappa shape index (κ3) is 3.59. The Balaban J connectivity index is 1.73. The third-order valence-electron chi connectivity index (χ3n) is 5.03. The first-order valence-corrected chi connectivity index (χ1v) is 9.70. The van der Waals surface area contributed by atoms with Crippen LogP contribution in [0.2, 0.25) is 0 Å². The van der Waals surface area contributed by atoms with Crippen LogP contribution in [-0.4, -0.2) is 23.6 Å². The molecule has 0 aliphatic carbocycles. The lowest BCUT2D eigenvalue weighted by Gasteiger charge is -2.27. The maximum absolute atomic E-state index is 13.0. The molecule has 1 amide bonds. The number of esters is 1. The van der Waals surface area contributed by atoms with Crippen LogP contribution in [0.25, 0.3) is 0 Å². The van der Waals surface area contributed by atoms with Crippen molar-refractivity contribution in [2.45, 2.75) is 19.4 Å². The van der Waals surface area contributed by atoms with Gasteiger partial charge in [-0.25, -0.2) is 4.79 Å². The number of anilines is 1. The molecule has 6 nitrogen and oxygen atoms in total. The standard InChI is InChI=1S/C24H21NO5/c1-2-29-24(28)17-10-12-18(13-11-17)25-21(16-7-4-3-5-8-16)20(22(26)23(25)27)15-19-9-6-14-30-19/h3-14,21,26H,2,15H2,1H3. The molecule has 1 aromatic heterocycles. The average molecular weight is 403 g/mol. The molecule has 2 aromatic carbocycles. The molecule has 0 radical (unpaired) electrons. The molecule has 1 N–H and O–H groups in total. The number of hydrogen-bond donors (Lipinski definition) is 1. The maximum atomic E-state index is 13.0. The minimum absolute atomic E-state index is 0.283. The highest BCUT2D eigenvalue weighted by Gasteiger charge is 2.41. The van der Waals surface area contributed by atoms with E-state index in [-0.39, 0.29) is 12.4 Å². The summed E-state index contributed by atoms with van der Waals surface area (Å²) < 4.78 is 10.5. The molecule has 3 aromatic rings. The van der Waals surface area contributed by atoms with Gasteiger partial charge in [0.15, 0.2) is 5.76 Å². The van der Waals surface area contributed by atoms with Gasteiger partial charge in [-0.3, -0.25) is 9.69 Å². The minimum atomic E-state index is -0.491. The van der Waals surface area contributed by atoms with Gasteiger partial charge in [-0.05, 0) is 48.9 Å². The third-order valence-corrected chi connectivity index (χ3v) is 5.03. The molecule has 0 saturated carbocycles. The summed E-state index contributed by atoms with van der Waals surface area (Å²) in [4.78, 5) is 26.5. The van der Waals surface area contributed by atoms with Crippen molar-refractivity contribution in [1.29, 1.82) is 0 Å². The van der Waals surface area contributed by atoms with Crippen molar-refractivity contribution in [1.82, 2.24) is 0 Å². The number of furan rings is 1. The Morgan fingerprint density at radius 3 is 2.43 bits per heavy atom. The fraction of sp³-hybridized carbons (Fsp3) is 0.167. The van der Waals surface area contributed by atoms with E-state index in [0.717, 1.165) is 5.56 Å². The Labute approximate surface area is 174 Å². The van der Waals surface area contributed by atoms with Gasteiger partial charge in [-0.1, -0.05) is 30.3 Å². The van der Waals surface area contributed by atoms with E-state index in [2.05, 4.69) is 0 Å². The number of hydrogen-bond acceptors (Lipinski definition) is 5. The zero-order valence-electron chi connectivity index (χ0n) is 16.4. The van der Waals surface area contributed by atoms with Gasteiger partial charge in [0.2, 0.25) is 0 Å². The van der Waals surface area contributed by atoms with Crippen molar-refractivity contribution in [3.05, 3.63) is 101 Å². The van der Waals surface area contributed by atoms with E-state index < -0.39 is 17.9 Å². The van der Waals surface area contributed by atoms with Crippen LogP contribution >= 0.6 is 0 Å². The first-order valence-electron chi connectivity index (χ1n) is 9.70. The van der Waals surface area contributed by atoms with Crippen molar-refractivity contribution in [3.8, 4) is 0 Å². The molecule has 2 heterocycles. The van der Waals surface area contributed by atoms with E-state index in [1.165, 1.54) is 4.90 Å². The number of nitrogens with zero attached hydrogens (tertiary/aromatic N) is 1. The van der Waals surface area contributed by atoms with Crippen LogP contribution in [0.4, 0.5) is 5.69 Å². The van der Waals surface area contributed by atoms with Crippen LogP contribution in [0.3, 0.4) is 0 Å². The quantitative estimate of drug-likeness (QED) is 0.609. The molecule has 0 fully saturated rings. The van der Waals surface area contributed by atoms with E-state index >= 15 is 0 Å². The lowest BCUT2D eigenvalue weighted by atomic mass is 9.96. The Hall–Kier alpha value is -3.80. The zero-order chi connectivity index (χ0) is 21.1. The summed E-state index contributed by atoms with van der Waals surface area (Å²) in [6.07, 6.45) is 1.87. The minimum Gasteiger partial charge on any atom is -0.503 e. The normalized spacial score (nSPS) is 16.2. The molecule has 6 heteroatoms. The van der Waals surface area contributed by atoms with E-state index in [1.54, 1.807) is 43.5 Å². The van der Waals surface area contributed by atoms with Crippen LogP contribution in [-0.2, 0) is 16.0 Å². The van der Waals surface area contributed by atoms with Gasteiger partial charge >= 0.3 is 5.97 Å². The predicted octanol–water partition coefficient (Wildman–Crippen LogP) is 4.60. The number of aliphatic hydroxyl groups excluding tert-OH is 1. The van der Waals surface area contributed by atoms with Crippen LogP contribution in [0.15, 0.2) is 88.7 Å². The Morgan fingerprint density at radius 2 is 1.80 bits per heavy atom. The Morgan fingerprint density at radius 1 is 1.07 bits per heavy atom. The second kappa shape index (κ2) is 8.29. The first-order chi connectivity index (χ1) is 14.6. The number of rotatable bonds is 6. The number of carbonyl (C=O) groups is 2. The lowest BCUT2D eigenvalue weighted by Crippen LogP contribution is -2.30. The van der Waals surface area contributed by atoms with Crippen LogP contribution < -0.4 is 4.90 Å². The zero-order valence-corrected chi connectivity index (χ0v) is 16.4. The van der Waals surface area contributed by atoms with Crippen molar-refractivity contribution < 1.29 is 23.8 Å². The molecule has 1 unspecified atom stereocenters. The molecule has 0 spiro atoms. The summed E-state index contributed by atoms with van der Waals surface area (Å²) in [6.45, 7) is 2.03. The van der Waals surface area contributed by atoms with Crippen molar-refractivity contribution in [2.75, 3.05) is 11.5 Å². The van der Waals surface area contributed by atoms with Crippen molar-refractivity contribution >= 4 is 17.6 Å². The largest absolute Gasteiger partial charge is 0.503 e. The summed E-state index contributed by atoms with van der Waals surface area (Å²) >= 11 is 0. The van der Waals surface area contributed by atoms with Gasteiger partial charge in [-0.15, -0.1) is 0 Å². The van der Waals surface area contributed by atoms with Gasteiger partial charge in [0.25, 0.3) is 5.91 Å². The summed E-state index contributed by atoms with van der Waals surface area (Å²) in [7, 11) is 0. The van der Waals surface area contributed by atoms with E-state index in [1.807, 2.05) is 36.4 Å². The van der Waals surface area contributed by atoms with E-state index in [9.17, 15) is 14.7 Å². The number of carbonyl (C=O) groups excluding carboxylic acids is 2. The van der Waals surface area contributed by atoms with E-state index in [0.29, 0.717) is 29.0 Å². The first kappa shape index (κ1) is 19.5. The van der Waals surface area contributed by atoms with E-state index in [4.69, 9.17) is 9.15 Å². The highest BCUT2D eigenvalue weighted by atomic mass is 16.5. The molecule has 1 atom stereocenters. The molecule has 1 aliphatic rings. The molecule has 152 valence electrons. The van der Waals surface area contributed by atoms with Crippen LogP contribution in [0, 0.1) is 0 Å². The topological polar surface area (TPSA) is 80.0 Å². The van der Waals surface area contributed by atoms with Crippen molar-refractivity contribution in [2.24, 2.45) is 0 Å². The molecule has 1 aliphatic heterocycles. The average Bonchev–Trinajstić information content (AvgIpc) is 3.37. The van der Waals surface area contributed by atoms with Crippen LogP contribution in [0.5, 0.6) is 0 Å². The second-order valence-corrected chi connectivity index (χ2v) is 6.89. The predicted molar refractivity (Wildman–Crippen MR) is 111 cm³/mol. The summed E-state index contributed by atoms with van der Waals surface area (Å²) in [5.41, 5.74) is 2.40. The summed E-state index contributed by atoms with van der Waals surface area (Å²) in [5, 5.41) is 10.7. The summed E-state index contributed by atoms with van der Waals surface area (Å²) in [5.74, 6) is -0.537. The number of aliphatic hydroxyl groups is 1. The van der Waals surface area contributed by atoms with Crippen molar-refractivity contribution in [3.63, 3.8) is 0 Å². The summed E-state index contributed by atoms with van der Waals surface area (Å²) in [6, 6.07) is 19.2. The fourth-order valence-electron chi connectivity index (χ4n) is 3.66. The fourth-order valence-corrected chi connectivity index (χ4v) is 3.66. The highest BCUT2D eigenvalue weighted by Crippen LogP contribution is 2.41. The number of amides is 1. The lowest BCUT2D eigenvalue weighted by molar-refractivity contribution is -0.117. The monoisotopic (exact) mass is 403 g/mol. The molecular formula is C24H21NO5. The molecule has 0 saturated heterocycles. The molecule has 0 bridgehead atoms. The Bertz CT molecular complexity index is 1070. The van der Waals surface area contributed by atoms with Gasteiger partial charge in [0.05, 0.1) is 24.5 Å². The van der Waals surface area contributed by atoms with Gasteiger partial charge in [-0.2, -0.15) is 0 Å². The molecule has 30 heavy (non-hydrogen) atoms. The molecule has 4 rings (SSSR count). The van der Waals surface area contributed by atoms with Gasteiger partial charge in [0.1, 0.15) is 5.76 Å². The van der Waals surface area contributed by atoms with Gasteiger partial charge < -0.3 is 14.3 Å². The number of benzene rings is 2. The van der Waals surface area contributed by atoms with Gasteiger partial charge in [0, 0.05) is 17.7 Å². The highest BCUT2D eigenvalue weighted by molar-refractivity contribution is 6.09. The Kier molecular flexibility index (Phi) is 5.39. The SMILES string of the molecule is CCOC(=O)c1ccc(N2C(=O)C(O)=C(Cc3ccco3)C2c2ccccc2)cc1. The number of ether oxygens (including phenoxy) is 1. The van der Waals surface area contributed by atoms with Crippen LogP contribution in [0.1, 0.15) is 34.6 Å². The maximum Gasteiger partial charge on any atom is 0.338 e. The second-order valence-electron chi connectivity index (χ2n) is 6.89. The molecular weight excluding hydrogens is 382 g/mol.